The minimum Gasteiger partial charge on any atom is -0.368 e. The molecule has 0 aromatic carbocycles. The van der Waals surface area contributed by atoms with Crippen molar-refractivity contribution in [3.05, 3.63) is 35.8 Å². The number of nitrogens with zero attached hydrogens (tertiary/aromatic N) is 4. The maximum atomic E-state index is 11.3. The number of hydrogen-bond donors (Lipinski definition) is 2. The lowest BCUT2D eigenvalue weighted by atomic mass is 10.2. The van der Waals surface area contributed by atoms with Crippen molar-refractivity contribution in [1.82, 2.24) is 25.3 Å². The number of nitrogens with one attached hydrogen (secondary N) is 2. The van der Waals surface area contributed by atoms with Gasteiger partial charge in [-0.05, 0) is 24.1 Å². The molecule has 0 aliphatic rings. The van der Waals surface area contributed by atoms with Crippen LogP contribution in [0.5, 0.6) is 0 Å². The molecule has 1 amide bonds. The summed E-state index contributed by atoms with van der Waals surface area (Å²) in [4.78, 5) is 11.3. The molecule has 0 bridgehead atoms. The Morgan fingerprint density at radius 3 is 2.79 bits per heavy atom. The maximum Gasteiger partial charge on any atom is 0.271 e. The maximum absolute atomic E-state index is 11.3. The molecule has 100 valence electrons. The molecule has 2 rings (SSSR count). The van der Waals surface area contributed by atoms with Crippen molar-refractivity contribution in [3.8, 4) is 0 Å². The topological polar surface area (TPSA) is 84.7 Å². The molecule has 19 heavy (non-hydrogen) atoms. The largest absolute Gasteiger partial charge is 0.368 e. The van der Waals surface area contributed by atoms with Crippen molar-refractivity contribution < 1.29 is 4.79 Å². The minimum atomic E-state index is -0.241. The van der Waals surface area contributed by atoms with Crippen LogP contribution in [-0.2, 0) is 13.5 Å². The molecule has 0 aliphatic heterocycles. The Balaban J connectivity index is 1.84. The van der Waals surface area contributed by atoms with Gasteiger partial charge in [-0.1, -0.05) is 0 Å². The molecule has 0 fully saturated rings. The van der Waals surface area contributed by atoms with E-state index < -0.39 is 0 Å². The molecule has 7 heteroatoms. The first kappa shape index (κ1) is 13.0. The van der Waals surface area contributed by atoms with Gasteiger partial charge >= 0.3 is 0 Å². The highest BCUT2D eigenvalue weighted by Crippen LogP contribution is 2.03. The van der Waals surface area contributed by atoms with Crippen molar-refractivity contribution in [1.29, 1.82) is 0 Å². The zero-order valence-electron chi connectivity index (χ0n) is 10.9. The summed E-state index contributed by atoms with van der Waals surface area (Å²) in [5, 5.41) is 17.5. The second kappa shape index (κ2) is 5.94. The van der Waals surface area contributed by atoms with Crippen LogP contribution in [0.25, 0.3) is 0 Å². The number of anilines is 1. The molecular weight excluding hydrogens is 244 g/mol. The van der Waals surface area contributed by atoms with Gasteiger partial charge in [-0.2, -0.15) is 5.10 Å². The van der Waals surface area contributed by atoms with Crippen LogP contribution in [0.2, 0.25) is 0 Å². The summed E-state index contributed by atoms with van der Waals surface area (Å²) < 4.78 is 1.77. The summed E-state index contributed by atoms with van der Waals surface area (Å²) in [6.07, 6.45) is 4.66. The Morgan fingerprint density at radius 1 is 1.37 bits per heavy atom. The Morgan fingerprint density at radius 2 is 2.21 bits per heavy atom. The van der Waals surface area contributed by atoms with Crippen LogP contribution in [0.1, 0.15) is 16.1 Å². The SMILES string of the molecule is CNC(=O)c1ccc(NCCc2cnn(C)c2)nn1. The van der Waals surface area contributed by atoms with Crippen LogP contribution in [-0.4, -0.2) is 39.5 Å². The van der Waals surface area contributed by atoms with Crippen molar-refractivity contribution in [2.45, 2.75) is 6.42 Å². The van der Waals surface area contributed by atoms with Gasteiger partial charge in [0.25, 0.3) is 5.91 Å². The summed E-state index contributed by atoms with van der Waals surface area (Å²) in [6, 6.07) is 3.37. The number of hydrogen-bond acceptors (Lipinski definition) is 5. The standard InChI is InChI=1S/C12H16N6O/c1-13-12(19)10-3-4-11(17-16-10)14-6-5-9-7-15-18(2)8-9/h3-4,7-8H,5-6H2,1-2H3,(H,13,19)(H,14,17). The molecular formula is C12H16N6O. The Hall–Kier alpha value is -2.44. The van der Waals surface area contributed by atoms with Gasteiger partial charge in [0.15, 0.2) is 5.69 Å². The fourth-order valence-electron chi connectivity index (χ4n) is 1.61. The van der Waals surface area contributed by atoms with E-state index in [-0.39, 0.29) is 5.91 Å². The van der Waals surface area contributed by atoms with Gasteiger partial charge in [0.05, 0.1) is 6.20 Å². The van der Waals surface area contributed by atoms with Crippen LogP contribution in [0.4, 0.5) is 5.82 Å². The minimum absolute atomic E-state index is 0.241. The average Bonchev–Trinajstić information content (AvgIpc) is 2.84. The van der Waals surface area contributed by atoms with Gasteiger partial charge in [0, 0.05) is 26.8 Å². The summed E-state index contributed by atoms with van der Waals surface area (Å²) >= 11 is 0. The van der Waals surface area contributed by atoms with Gasteiger partial charge in [-0.3, -0.25) is 9.48 Å². The van der Waals surface area contributed by atoms with E-state index in [2.05, 4.69) is 25.9 Å². The van der Waals surface area contributed by atoms with Crippen molar-refractivity contribution in [2.75, 3.05) is 18.9 Å². The second-order valence-electron chi connectivity index (χ2n) is 4.08. The van der Waals surface area contributed by atoms with Gasteiger partial charge in [-0.15, -0.1) is 10.2 Å². The highest BCUT2D eigenvalue weighted by Gasteiger charge is 2.05. The van der Waals surface area contributed by atoms with Crippen molar-refractivity contribution >= 4 is 11.7 Å². The lowest BCUT2D eigenvalue weighted by Crippen LogP contribution is -2.19. The lowest BCUT2D eigenvalue weighted by Gasteiger charge is -2.04. The lowest BCUT2D eigenvalue weighted by molar-refractivity contribution is 0.0957. The first-order valence-corrected chi connectivity index (χ1v) is 5.96. The van der Waals surface area contributed by atoms with E-state index in [0.717, 1.165) is 18.5 Å². The van der Waals surface area contributed by atoms with E-state index in [0.29, 0.717) is 11.5 Å². The van der Waals surface area contributed by atoms with E-state index in [1.165, 1.54) is 0 Å². The second-order valence-corrected chi connectivity index (χ2v) is 4.08. The zero-order chi connectivity index (χ0) is 13.7. The molecule has 0 unspecified atom stereocenters. The number of carbonyl (C=O) groups excluding carboxylic acids is 1. The first-order valence-electron chi connectivity index (χ1n) is 5.96. The van der Waals surface area contributed by atoms with Gasteiger partial charge in [-0.25, -0.2) is 0 Å². The number of aryl methyl sites for hydroxylation is 1. The third-order valence-electron chi connectivity index (χ3n) is 2.60. The smallest absolute Gasteiger partial charge is 0.271 e. The number of rotatable bonds is 5. The Kier molecular flexibility index (Phi) is 4.07. The van der Waals surface area contributed by atoms with E-state index >= 15 is 0 Å². The van der Waals surface area contributed by atoms with Crippen LogP contribution < -0.4 is 10.6 Å². The predicted molar refractivity (Wildman–Crippen MR) is 70.8 cm³/mol. The molecule has 2 aromatic rings. The third-order valence-corrected chi connectivity index (χ3v) is 2.60. The number of amides is 1. The van der Waals surface area contributed by atoms with Crippen LogP contribution >= 0.6 is 0 Å². The highest BCUT2D eigenvalue weighted by atomic mass is 16.1. The summed E-state index contributed by atoms with van der Waals surface area (Å²) in [5.41, 5.74) is 1.46. The Labute approximate surface area is 111 Å². The normalized spacial score (nSPS) is 10.2. The molecule has 0 spiro atoms. The predicted octanol–water partition coefficient (Wildman–Crippen LogP) is 0.224. The quantitative estimate of drug-likeness (QED) is 0.803. The first-order chi connectivity index (χ1) is 9.19. The zero-order valence-corrected chi connectivity index (χ0v) is 10.9. The number of carbonyl (C=O) groups is 1. The summed E-state index contributed by atoms with van der Waals surface area (Å²) in [5.74, 6) is 0.408. The highest BCUT2D eigenvalue weighted by molar-refractivity contribution is 5.91. The molecule has 2 aromatic heterocycles. The Bertz CT molecular complexity index is 548. The van der Waals surface area contributed by atoms with Crippen molar-refractivity contribution in [2.24, 2.45) is 7.05 Å². The molecule has 2 N–H and O–H groups in total. The van der Waals surface area contributed by atoms with E-state index in [1.54, 1.807) is 23.9 Å². The van der Waals surface area contributed by atoms with Gasteiger partial charge in [0.2, 0.25) is 0 Å². The monoisotopic (exact) mass is 260 g/mol. The average molecular weight is 260 g/mol. The molecule has 0 radical (unpaired) electrons. The van der Waals surface area contributed by atoms with Crippen LogP contribution in [0, 0.1) is 0 Å². The van der Waals surface area contributed by atoms with E-state index in [4.69, 9.17) is 0 Å². The summed E-state index contributed by atoms with van der Waals surface area (Å²) in [6.45, 7) is 0.736. The molecule has 0 saturated carbocycles. The third kappa shape index (κ3) is 3.51. The van der Waals surface area contributed by atoms with Crippen LogP contribution in [0.3, 0.4) is 0 Å². The fraction of sp³-hybridized carbons (Fsp3) is 0.333. The van der Waals surface area contributed by atoms with Crippen molar-refractivity contribution in [3.63, 3.8) is 0 Å². The molecule has 0 aliphatic carbocycles. The van der Waals surface area contributed by atoms with Gasteiger partial charge in [0.1, 0.15) is 5.82 Å². The number of aromatic nitrogens is 4. The van der Waals surface area contributed by atoms with E-state index in [1.807, 2.05) is 19.4 Å². The molecule has 2 heterocycles. The molecule has 7 nitrogen and oxygen atoms in total. The molecule has 0 saturated heterocycles. The van der Waals surface area contributed by atoms with Crippen LogP contribution in [0.15, 0.2) is 24.5 Å². The molecule has 0 atom stereocenters. The van der Waals surface area contributed by atoms with Gasteiger partial charge < -0.3 is 10.6 Å². The van der Waals surface area contributed by atoms with E-state index in [9.17, 15) is 4.79 Å². The fourth-order valence-corrected chi connectivity index (χ4v) is 1.61. The summed E-state index contributed by atoms with van der Waals surface area (Å²) in [7, 11) is 3.45.